The Labute approximate surface area is 161 Å². The van der Waals surface area contributed by atoms with Gasteiger partial charge in [0.05, 0.1) is 9.95 Å². The fourth-order valence-electron chi connectivity index (χ4n) is 2.19. The molecule has 0 unspecified atom stereocenters. The minimum atomic E-state index is -1.06. The summed E-state index contributed by atoms with van der Waals surface area (Å²) in [5, 5.41) is 14.3. The number of halogens is 1. The average molecular weight is 406 g/mol. The number of nitro groups is 1. The lowest BCUT2D eigenvalue weighted by molar-refractivity contribution is -0.384. The zero-order chi connectivity index (χ0) is 19.6. The number of nitrogens with one attached hydrogen (secondary N) is 1. The molecular weight excluding hydrogens is 394 g/mol. The molecule has 1 N–H and O–H groups in total. The highest BCUT2D eigenvalue weighted by molar-refractivity contribution is 7.20. The molecular formula is C17H12ClN3O5S. The Balaban J connectivity index is 1.68. The quantitative estimate of drug-likeness (QED) is 0.389. The summed E-state index contributed by atoms with van der Waals surface area (Å²) in [6, 6.07) is 8.90. The van der Waals surface area contributed by atoms with Crippen molar-refractivity contribution < 1.29 is 19.2 Å². The van der Waals surface area contributed by atoms with Gasteiger partial charge in [0.1, 0.15) is 10.7 Å². The Hall–Kier alpha value is -3.04. The summed E-state index contributed by atoms with van der Waals surface area (Å²) in [6.07, 6.45) is 0.319. The normalized spacial score (nSPS) is 11.8. The molecule has 0 saturated carbocycles. The number of nitrogens with zero attached hydrogens (tertiary/aromatic N) is 2. The van der Waals surface area contributed by atoms with Gasteiger partial charge in [-0.1, -0.05) is 11.6 Å². The van der Waals surface area contributed by atoms with Crippen LogP contribution in [0, 0.1) is 10.1 Å². The van der Waals surface area contributed by atoms with E-state index in [4.69, 9.17) is 16.3 Å². The maximum absolute atomic E-state index is 12.3. The van der Waals surface area contributed by atoms with Gasteiger partial charge in [0.15, 0.2) is 6.10 Å². The number of carbonyl (C=O) groups is 2. The zero-order valence-corrected chi connectivity index (χ0v) is 15.4. The molecule has 27 heavy (non-hydrogen) atoms. The number of rotatable bonds is 5. The first-order chi connectivity index (χ1) is 12.8. The molecule has 0 radical (unpaired) electrons. The molecule has 1 aromatic carbocycles. The minimum Gasteiger partial charge on any atom is -0.448 e. The SMILES string of the molecule is C[C@H](OC(=O)c1cc2cc([N+](=O)[O-])ccc2s1)C(=O)Nc1ccc(Cl)cn1. The van der Waals surface area contributed by atoms with Crippen molar-refractivity contribution in [2.75, 3.05) is 5.32 Å². The number of benzene rings is 1. The van der Waals surface area contributed by atoms with Crippen molar-refractivity contribution in [1.82, 2.24) is 4.98 Å². The van der Waals surface area contributed by atoms with E-state index in [-0.39, 0.29) is 16.4 Å². The molecule has 0 aliphatic rings. The smallest absolute Gasteiger partial charge is 0.349 e. The van der Waals surface area contributed by atoms with Crippen LogP contribution in [-0.4, -0.2) is 27.9 Å². The van der Waals surface area contributed by atoms with Crippen LogP contribution in [0.4, 0.5) is 11.5 Å². The average Bonchev–Trinajstić information content (AvgIpc) is 3.06. The number of carbonyl (C=O) groups excluding carboxylic acids is 2. The van der Waals surface area contributed by atoms with E-state index < -0.39 is 22.9 Å². The molecule has 138 valence electrons. The molecule has 3 aromatic rings. The molecule has 2 heterocycles. The van der Waals surface area contributed by atoms with E-state index in [1.165, 1.54) is 37.4 Å². The molecule has 1 atom stereocenters. The molecule has 1 amide bonds. The Morgan fingerprint density at radius 2 is 2.07 bits per heavy atom. The lowest BCUT2D eigenvalue weighted by Crippen LogP contribution is -2.30. The number of esters is 1. The topological polar surface area (TPSA) is 111 Å². The van der Waals surface area contributed by atoms with Crippen molar-refractivity contribution in [2.24, 2.45) is 0 Å². The number of thiophene rings is 1. The van der Waals surface area contributed by atoms with Gasteiger partial charge in [-0.25, -0.2) is 9.78 Å². The molecule has 0 aliphatic heterocycles. The molecule has 0 bridgehead atoms. The van der Waals surface area contributed by atoms with Crippen LogP contribution in [0.25, 0.3) is 10.1 Å². The highest BCUT2D eigenvalue weighted by atomic mass is 35.5. The Bertz CT molecular complexity index is 1030. The van der Waals surface area contributed by atoms with Crippen molar-refractivity contribution >= 4 is 56.4 Å². The highest BCUT2D eigenvalue weighted by Gasteiger charge is 2.21. The first-order valence-electron chi connectivity index (χ1n) is 7.65. The van der Waals surface area contributed by atoms with Crippen LogP contribution in [-0.2, 0) is 9.53 Å². The standard InChI is InChI=1S/C17H12ClN3O5S/c1-9(16(22)20-15-5-2-11(18)8-19-15)26-17(23)14-7-10-6-12(21(24)25)3-4-13(10)27-14/h2-9H,1H3,(H,19,20,22)/t9-/m0/s1. The second-order valence-corrected chi connectivity index (χ2v) is 7.01. The number of hydrogen-bond donors (Lipinski definition) is 1. The van der Waals surface area contributed by atoms with Gasteiger partial charge in [0.25, 0.3) is 11.6 Å². The number of aromatic nitrogens is 1. The molecule has 0 spiro atoms. The van der Waals surface area contributed by atoms with Gasteiger partial charge in [0, 0.05) is 28.4 Å². The third-order valence-corrected chi connectivity index (χ3v) is 4.86. The van der Waals surface area contributed by atoms with Crippen LogP contribution < -0.4 is 5.32 Å². The number of fused-ring (bicyclic) bond motifs is 1. The minimum absolute atomic E-state index is 0.0663. The molecule has 8 nitrogen and oxygen atoms in total. The second kappa shape index (κ2) is 7.68. The van der Waals surface area contributed by atoms with Crippen LogP contribution >= 0.6 is 22.9 Å². The van der Waals surface area contributed by atoms with Gasteiger partial charge in [-0.3, -0.25) is 14.9 Å². The molecule has 0 saturated heterocycles. The summed E-state index contributed by atoms with van der Waals surface area (Å²) in [5.41, 5.74) is -0.0663. The Kier molecular flexibility index (Phi) is 5.33. The molecule has 10 heteroatoms. The predicted molar refractivity (Wildman–Crippen MR) is 101 cm³/mol. The maximum atomic E-state index is 12.3. The van der Waals surface area contributed by atoms with E-state index in [0.717, 1.165) is 11.3 Å². The number of nitro benzene ring substituents is 1. The van der Waals surface area contributed by atoms with Crippen LogP contribution in [0.3, 0.4) is 0 Å². The third kappa shape index (κ3) is 4.39. The van der Waals surface area contributed by atoms with E-state index >= 15 is 0 Å². The van der Waals surface area contributed by atoms with Gasteiger partial charge in [-0.15, -0.1) is 11.3 Å². The number of amides is 1. The van der Waals surface area contributed by atoms with E-state index in [2.05, 4.69) is 10.3 Å². The summed E-state index contributed by atoms with van der Waals surface area (Å²) in [6.45, 7) is 1.43. The fourth-order valence-corrected chi connectivity index (χ4v) is 3.23. The second-order valence-electron chi connectivity index (χ2n) is 5.49. The maximum Gasteiger partial charge on any atom is 0.349 e. The van der Waals surface area contributed by atoms with E-state index in [9.17, 15) is 19.7 Å². The molecule has 0 fully saturated rings. The van der Waals surface area contributed by atoms with Gasteiger partial charge < -0.3 is 10.1 Å². The predicted octanol–water partition coefficient (Wildman–Crippen LogP) is 4.04. The van der Waals surface area contributed by atoms with Gasteiger partial charge in [-0.05, 0) is 31.2 Å². The lowest BCUT2D eigenvalue weighted by atomic mass is 10.2. The Morgan fingerprint density at radius 1 is 1.30 bits per heavy atom. The summed E-state index contributed by atoms with van der Waals surface area (Å²) >= 11 is 6.86. The molecule has 0 aliphatic carbocycles. The van der Waals surface area contributed by atoms with Crippen molar-refractivity contribution in [1.29, 1.82) is 0 Å². The van der Waals surface area contributed by atoms with E-state index in [1.54, 1.807) is 12.1 Å². The number of anilines is 1. The number of hydrogen-bond acceptors (Lipinski definition) is 7. The summed E-state index contributed by atoms with van der Waals surface area (Å²) in [7, 11) is 0. The van der Waals surface area contributed by atoms with E-state index in [1.807, 2.05) is 0 Å². The number of non-ortho nitro benzene ring substituents is 1. The van der Waals surface area contributed by atoms with Crippen LogP contribution in [0.15, 0.2) is 42.6 Å². The number of ether oxygens (including phenoxy) is 1. The molecule has 3 rings (SSSR count). The largest absolute Gasteiger partial charge is 0.448 e. The van der Waals surface area contributed by atoms with Gasteiger partial charge in [0.2, 0.25) is 0 Å². The summed E-state index contributed by atoms with van der Waals surface area (Å²) in [4.78, 5) is 38.9. The summed E-state index contributed by atoms with van der Waals surface area (Å²) in [5.74, 6) is -0.957. The van der Waals surface area contributed by atoms with Gasteiger partial charge >= 0.3 is 5.97 Å². The van der Waals surface area contributed by atoms with Crippen LogP contribution in [0.5, 0.6) is 0 Å². The fraction of sp³-hybridized carbons (Fsp3) is 0.118. The van der Waals surface area contributed by atoms with Crippen molar-refractivity contribution in [2.45, 2.75) is 13.0 Å². The van der Waals surface area contributed by atoms with Gasteiger partial charge in [-0.2, -0.15) is 0 Å². The van der Waals surface area contributed by atoms with Crippen molar-refractivity contribution in [3.05, 3.63) is 62.6 Å². The zero-order valence-electron chi connectivity index (χ0n) is 13.8. The Morgan fingerprint density at radius 3 is 2.74 bits per heavy atom. The monoisotopic (exact) mass is 405 g/mol. The molecule has 2 aromatic heterocycles. The van der Waals surface area contributed by atoms with Crippen LogP contribution in [0.2, 0.25) is 5.02 Å². The summed E-state index contributed by atoms with van der Waals surface area (Å²) < 4.78 is 5.88. The number of pyridine rings is 1. The van der Waals surface area contributed by atoms with E-state index in [0.29, 0.717) is 15.1 Å². The first-order valence-corrected chi connectivity index (χ1v) is 8.84. The third-order valence-electron chi connectivity index (χ3n) is 3.54. The van der Waals surface area contributed by atoms with Crippen molar-refractivity contribution in [3.8, 4) is 0 Å². The first kappa shape index (κ1) is 18.7. The lowest BCUT2D eigenvalue weighted by Gasteiger charge is -2.12. The van der Waals surface area contributed by atoms with Crippen molar-refractivity contribution in [3.63, 3.8) is 0 Å². The highest BCUT2D eigenvalue weighted by Crippen LogP contribution is 2.29. The van der Waals surface area contributed by atoms with Crippen LogP contribution in [0.1, 0.15) is 16.6 Å².